The third-order valence-electron chi connectivity index (χ3n) is 4.42. The molecule has 112 valence electrons. The maximum Gasteiger partial charge on any atom is 0.165 e. The molecule has 1 aromatic carbocycles. The van der Waals surface area contributed by atoms with Crippen LogP contribution in [0.2, 0.25) is 0 Å². The number of nitrogens with one attached hydrogen (secondary N) is 1. The SMILES string of the molecule is COc1ccc(C(C)NC2CCCC(C)CC2)cc1F. The van der Waals surface area contributed by atoms with E-state index in [1.165, 1.54) is 39.2 Å². The summed E-state index contributed by atoms with van der Waals surface area (Å²) in [5, 5.41) is 3.65. The van der Waals surface area contributed by atoms with Crippen molar-refractivity contribution in [3.8, 4) is 5.75 Å². The highest BCUT2D eigenvalue weighted by atomic mass is 19.1. The maximum atomic E-state index is 13.8. The summed E-state index contributed by atoms with van der Waals surface area (Å²) in [4.78, 5) is 0. The van der Waals surface area contributed by atoms with Crippen LogP contribution < -0.4 is 10.1 Å². The molecule has 3 heteroatoms. The Balaban J connectivity index is 1.97. The second kappa shape index (κ2) is 7.07. The lowest BCUT2D eigenvalue weighted by Gasteiger charge is -2.22. The fourth-order valence-corrected chi connectivity index (χ4v) is 3.06. The van der Waals surface area contributed by atoms with Crippen molar-refractivity contribution in [2.45, 2.75) is 58.0 Å². The second-order valence-corrected chi connectivity index (χ2v) is 6.09. The molecule has 0 radical (unpaired) electrons. The van der Waals surface area contributed by atoms with Crippen LogP contribution in [-0.4, -0.2) is 13.2 Å². The van der Waals surface area contributed by atoms with E-state index in [0.717, 1.165) is 11.5 Å². The Bertz CT molecular complexity index is 435. The molecule has 0 aromatic heterocycles. The van der Waals surface area contributed by atoms with Gasteiger partial charge in [0.25, 0.3) is 0 Å². The fourth-order valence-electron chi connectivity index (χ4n) is 3.06. The Kier molecular flexibility index (Phi) is 5.41. The number of hydrogen-bond acceptors (Lipinski definition) is 2. The van der Waals surface area contributed by atoms with Crippen LogP contribution in [0.25, 0.3) is 0 Å². The topological polar surface area (TPSA) is 21.3 Å². The largest absolute Gasteiger partial charge is 0.494 e. The Morgan fingerprint density at radius 1 is 1.25 bits per heavy atom. The van der Waals surface area contributed by atoms with Gasteiger partial charge in [-0.05, 0) is 49.8 Å². The lowest BCUT2D eigenvalue weighted by atomic mass is 10.0. The van der Waals surface area contributed by atoms with Gasteiger partial charge < -0.3 is 10.1 Å². The monoisotopic (exact) mass is 279 g/mol. The van der Waals surface area contributed by atoms with Gasteiger partial charge in [0.1, 0.15) is 0 Å². The predicted octanol–water partition coefficient (Wildman–Crippen LogP) is 4.45. The molecule has 0 heterocycles. The molecule has 1 saturated carbocycles. The lowest BCUT2D eigenvalue weighted by molar-refractivity contribution is 0.383. The third-order valence-corrected chi connectivity index (χ3v) is 4.42. The molecule has 0 saturated heterocycles. The Labute approximate surface area is 121 Å². The van der Waals surface area contributed by atoms with Crippen molar-refractivity contribution < 1.29 is 9.13 Å². The summed E-state index contributed by atoms with van der Waals surface area (Å²) in [5.74, 6) is 0.868. The van der Waals surface area contributed by atoms with Gasteiger partial charge in [-0.1, -0.05) is 25.8 Å². The van der Waals surface area contributed by atoms with Crippen LogP contribution >= 0.6 is 0 Å². The van der Waals surface area contributed by atoms with Crippen molar-refractivity contribution >= 4 is 0 Å². The predicted molar refractivity (Wildman–Crippen MR) is 80.5 cm³/mol. The summed E-state index contributed by atoms with van der Waals surface area (Å²) in [5.41, 5.74) is 0.987. The molecular formula is C17H26FNO. The molecule has 0 aliphatic heterocycles. The minimum Gasteiger partial charge on any atom is -0.494 e. The summed E-state index contributed by atoms with van der Waals surface area (Å²) in [7, 11) is 1.49. The van der Waals surface area contributed by atoms with Crippen LogP contribution in [0.1, 0.15) is 57.6 Å². The minimum absolute atomic E-state index is 0.175. The van der Waals surface area contributed by atoms with Gasteiger partial charge in [-0.15, -0.1) is 0 Å². The van der Waals surface area contributed by atoms with Gasteiger partial charge in [0, 0.05) is 12.1 Å². The van der Waals surface area contributed by atoms with Gasteiger partial charge in [0.2, 0.25) is 0 Å². The molecule has 1 aliphatic carbocycles. The van der Waals surface area contributed by atoms with E-state index in [9.17, 15) is 4.39 Å². The van der Waals surface area contributed by atoms with Crippen molar-refractivity contribution in [1.29, 1.82) is 0 Å². The van der Waals surface area contributed by atoms with Gasteiger partial charge in [0.15, 0.2) is 11.6 Å². The van der Waals surface area contributed by atoms with Crippen LogP contribution in [0.3, 0.4) is 0 Å². The zero-order valence-corrected chi connectivity index (χ0v) is 12.8. The van der Waals surface area contributed by atoms with Gasteiger partial charge in [-0.3, -0.25) is 0 Å². The van der Waals surface area contributed by atoms with Gasteiger partial charge in [0.05, 0.1) is 7.11 Å². The first-order valence-electron chi connectivity index (χ1n) is 7.69. The number of rotatable bonds is 4. The first-order chi connectivity index (χ1) is 9.60. The van der Waals surface area contributed by atoms with E-state index in [4.69, 9.17) is 4.74 Å². The molecule has 20 heavy (non-hydrogen) atoms. The fraction of sp³-hybridized carbons (Fsp3) is 0.647. The van der Waals surface area contributed by atoms with E-state index in [1.54, 1.807) is 12.1 Å². The molecule has 2 nitrogen and oxygen atoms in total. The smallest absolute Gasteiger partial charge is 0.165 e. The highest BCUT2D eigenvalue weighted by Crippen LogP contribution is 2.26. The van der Waals surface area contributed by atoms with Crippen molar-refractivity contribution in [3.63, 3.8) is 0 Å². The highest BCUT2D eigenvalue weighted by molar-refractivity contribution is 5.30. The number of benzene rings is 1. The van der Waals surface area contributed by atoms with E-state index in [0.29, 0.717) is 11.8 Å². The summed E-state index contributed by atoms with van der Waals surface area (Å²) < 4.78 is 18.7. The summed E-state index contributed by atoms with van der Waals surface area (Å²) in [6.07, 6.45) is 6.38. The zero-order valence-electron chi connectivity index (χ0n) is 12.8. The van der Waals surface area contributed by atoms with Crippen molar-refractivity contribution in [1.82, 2.24) is 5.32 Å². The van der Waals surface area contributed by atoms with E-state index < -0.39 is 0 Å². The molecule has 1 aromatic rings. The molecule has 0 bridgehead atoms. The summed E-state index contributed by atoms with van der Waals surface area (Å²) >= 11 is 0. The Hall–Kier alpha value is -1.09. The van der Waals surface area contributed by atoms with Gasteiger partial charge >= 0.3 is 0 Å². The molecule has 3 unspecified atom stereocenters. The van der Waals surface area contributed by atoms with E-state index in [1.807, 2.05) is 6.07 Å². The lowest BCUT2D eigenvalue weighted by Crippen LogP contribution is -2.31. The minimum atomic E-state index is -0.284. The van der Waals surface area contributed by atoms with E-state index in [2.05, 4.69) is 19.2 Å². The standard InChI is InChI=1S/C17H26FNO/c1-12-5-4-6-15(9-7-12)19-13(2)14-8-10-17(20-3)16(18)11-14/h8,10-13,15,19H,4-7,9H2,1-3H3. The van der Waals surface area contributed by atoms with Crippen LogP contribution in [0.4, 0.5) is 4.39 Å². The zero-order chi connectivity index (χ0) is 14.5. The maximum absolute atomic E-state index is 13.8. The number of hydrogen-bond donors (Lipinski definition) is 1. The molecule has 0 amide bonds. The normalized spacial score (nSPS) is 25.0. The molecule has 0 spiro atoms. The highest BCUT2D eigenvalue weighted by Gasteiger charge is 2.18. The van der Waals surface area contributed by atoms with E-state index in [-0.39, 0.29) is 11.9 Å². The molecular weight excluding hydrogens is 253 g/mol. The van der Waals surface area contributed by atoms with Crippen molar-refractivity contribution in [3.05, 3.63) is 29.6 Å². The van der Waals surface area contributed by atoms with Crippen LogP contribution in [0.5, 0.6) is 5.75 Å². The molecule has 1 N–H and O–H groups in total. The quantitative estimate of drug-likeness (QED) is 0.822. The van der Waals surface area contributed by atoms with Crippen molar-refractivity contribution in [2.75, 3.05) is 7.11 Å². The van der Waals surface area contributed by atoms with Crippen LogP contribution in [0.15, 0.2) is 18.2 Å². The van der Waals surface area contributed by atoms with E-state index >= 15 is 0 Å². The molecule has 1 fully saturated rings. The van der Waals surface area contributed by atoms with Crippen LogP contribution in [0, 0.1) is 11.7 Å². The Morgan fingerprint density at radius 2 is 2.05 bits per heavy atom. The summed E-state index contributed by atoms with van der Waals surface area (Å²) in [6, 6.07) is 5.96. The first-order valence-corrected chi connectivity index (χ1v) is 7.69. The molecule has 3 atom stereocenters. The second-order valence-electron chi connectivity index (χ2n) is 6.09. The van der Waals surface area contributed by atoms with Crippen LogP contribution in [-0.2, 0) is 0 Å². The summed E-state index contributed by atoms with van der Waals surface area (Å²) in [6.45, 7) is 4.44. The Morgan fingerprint density at radius 3 is 2.75 bits per heavy atom. The average Bonchev–Trinajstić information content (AvgIpc) is 2.63. The van der Waals surface area contributed by atoms with Gasteiger partial charge in [-0.25, -0.2) is 4.39 Å². The van der Waals surface area contributed by atoms with Crippen molar-refractivity contribution in [2.24, 2.45) is 5.92 Å². The number of ether oxygens (including phenoxy) is 1. The molecule has 1 aliphatic rings. The average molecular weight is 279 g/mol. The number of halogens is 1. The number of methoxy groups -OCH3 is 1. The molecule has 2 rings (SSSR count). The van der Waals surface area contributed by atoms with Gasteiger partial charge in [-0.2, -0.15) is 0 Å². The third kappa shape index (κ3) is 3.95. The first kappa shape index (κ1) is 15.3.